The summed E-state index contributed by atoms with van der Waals surface area (Å²) >= 11 is 1.52. The summed E-state index contributed by atoms with van der Waals surface area (Å²) in [6.45, 7) is 6.06. The molecule has 4 nitrogen and oxygen atoms in total. The summed E-state index contributed by atoms with van der Waals surface area (Å²) in [5.41, 5.74) is 0. The van der Waals surface area contributed by atoms with E-state index in [4.69, 9.17) is 0 Å². The largest absolute Gasteiger partial charge is 0.393 e. The number of hydrogen-bond acceptors (Lipinski definition) is 4. The molecule has 0 aromatic rings. The second-order valence-electron chi connectivity index (χ2n) is 5.37. The number of aliphatic hydroxyl groups excluding tert-OH is 1. The summed E-state index contributed by atoms with van der Waals surface area (Å²) < 4.78 is -0.407. The molecule has 2 rings (SSSR count). The van der Waals surface area contributed by atoms with Gasteiger partial charge in [-0.25, -0.2) is 0 Å². The van der Waals surface area contributed by atoms with Gasteiger partial charge in [0.1, 0.15) is 4.75 Å². The summed E-state index contributed by atoms with van der Waals surface area (Å²) in [6.07, 6.45) is 2.24. The van der Waals surface area contributed by atoms with Crippen LogP contribution in [0.4, 0.5) is 0 Å². The highest BCUT2D eigenvalue weighted by molar-refractivity contribution is 8.16. The van der Waals surface area contributed by atoms with Crippen LogP contribution >= 0.6 is 11.8 Å². The average Bonchev–Trinajstić information content (AvgIpc) is 2.74. The van der Waals surface area contributed by atoms with Crippen LogP contribution < -0.4 is 5.32 Å². The number of carbonyl (C=O) groups is 1. The molecule has 0 bridgehead atoms. The van der Waals surface area contributed by atoms with E-state index in [1.165, 1.54) is 11.8 Å². The number of nitrogens with one attached hydrogen (secondary N) is 1. The van der Waals surface area contributed by atoms with Crippen molar-refractivity contribution < 1.29 is 9.90 Å². The van der Waals surface area contributed by atoms with Crippen LogP contribution in [0, 0.1) is 5.92 Å². The fraction of sp³-hybridized carbons (Fsp3) is 0.833. The highest BCUT2D eigenvalue weighted by atomic mass is 32.2. The lowest BCUT2D eigenvalue weighted by molar-refractivity contribution is -0.122. The zero-order valence-electron chi connectivity index (χ0n) is 10.6. The van der Waals surface area contributed by atoms with Crippen LogP contribution in [0.2, 0.25) is 0 Å². The van der Waals surface area contributed by atoms with Crippen molar-refractivity contribution in [2.75, 3.05) is 0 Å². The number of amides is 1. The number of aliphatic hydroxyl groups is 1. The zero-order valence-corrected chi connectivity index (χ0v) is 11.4. The zero-order chi connectivity index (χ0) is 12.6. The predicted octanol–water partition coefficient (Wildman–Crippen LogP) is 1.53. The van der Waals surface area contributed by atoms with Gasteiger partial charge in [-0.3, -0.25) is 9.79 Å². The van der Waals surface area contributed by atoms with Gasteiger partial charge in [-0.05, 0) is 32.1 Å². The Morgan fingerprint density at radius 3 is 2.71 bits per heavy atom. The molecule has 1 heterocycles. The molecule has 1 amide bonds. The molecule has 0 aromatic heterocycles. The number of amidine groups is 1. The first-order chi connectivity index (χ1) is 7.91. The molecule has 96 valence electrons. The Kier molecular flexibility index (Phi) is 3.50. The monoisotopic (exact) mass is 256 g/mol. The van der Waals surface area contributed by atoms with Gasteiger partial charge < -0.3 is 10.4 Å². The molecular formula is C12H20N2O2S. The molecule has 2 aliphatic rings. The van der Waals surface area contributed by atoms with Gasteiger partial charge in [-0.1, -0.05) is 25.6 Å². The number of thioether (sulfide) groups is 1. The third-order valence-electron chi connectivity index (χ3n) is 3.76. The smallest absolute Gasteiger partial charge is 0.242 e. The normalized spacial score (nSPS) is 40.3. The summed E-state index contributed by atoms with van der Waals surface area (Å²) in [5.74, 6) is 0.323. The van der Waals surface area contributed by atoms with Gasteiger partial charge in [0.25, 0.3) is 0 Å². The molecule has 1 unspecified atom stereocenters. The first-order valence-corrected chi connectivity index (χ1v) is 7.00. The summed E-state index contributed by atoms with van der Waals surface area (Å²) in [7, 11) is 0. The van der Waals surface area contributed by atoms with E-state index in [0.717, 1.165) is 24.4 Å². The molecule has 1 saturated heterocycles. The first-order valence-electron chi connectivity index (χ1n) is 6.18. The molecule has 2 fully saturated rings. The molecule has 0 spiro atoms. The fourth-order valence-electron chi connectivity index (χ4n) is 2.15. The van der Waals surface area contributed by atoms with Crippen LogP contribution in [0.25, 0.3) is 0 Å². The Morgan fingerprint density at radius 1 is 1.53 bits per heavy atom. The lowest BCUT2D eigenvalue weighted by atomic mass is 9.96. The van der Waals surface area contributed by atoms with E-state index >= 15 is 0 Å². The van der Waals surface area contributed by atoms with Gasteiger partial charge >= 0.3 is 0 Å². The number of hydrogen-bond donors (Lipinski definition) is 2. The minimum Gasteiger partial charge on any atom is -0.393 e. The van der Waals surface area contributed by atoms with Gasteiger partial charge in [0.15, 0.2) is 5.17 Å². The van der Waals surface area contributed by atoms with Crippen LogP contribution in [-0.4, -0.2) is 33.1 Å². The van der Waals surface area contributed by atoms with Crippen molar-refractivity contribution in [1.29, 1.82) is 0 Å². The second-order valence-corrected chi connectivity index (χ2v) is 6.81. The standard InChI is InChI=1S/C12H20N2O2S/c1-7(2)12(3)10(16)14-11(17-12)13-8-4-5-9(15)6-8/h7-9,15H,4-6H2,1-3H3,(H,13,14,16)/t8-,9?,12+/m1/s1. The predicted molar refractivity (Wildman–Crippen MR) is 70.1 cm³/mol. The van der Waals surface area contributed by atoms with E-state index in [1.54, 1.807) is 0 Å². The number of carbonyl (C=O) groups excluding carboxylic acids is 1. The first kappa shape index (κ1) is 12.9. The van der Waals surface area contributed by atoms with Crippen LogP contribution in [0.5, 0.6) is 0 Å². The Labute approximate surface area is 106 Å². The Bertz CT molecular complexity index is 356. The lowest BCUT2D eigenvalue weighted by Crippen LogP contribution is -2.38. The molecular weight excluding hydrogens is 236 g/mol. The third kappa shape index (κ3) is 2.50. The maximum atomic E-state index is 11.9. The lowest BCUT2D eigenvalue weighted by Gasteiger charge is -2.22. The third-order valence-corrected chi connectivity index (χ3v) is 5.24. The quantitative estimate of drug-likeness (QED) is 0.787. The van der Waals surface area contributed by atoms with Crippen molar-refractivity contribution >= 4 is 22.8 Å². The summed E-state index contributed by atoms with van der Waals surface area (Å²) in [5, 5.41) is 13.0. The van der Waals surface area contributed by atoms with Crippen molar-refractivity contribution in [2.24, 2.45) is 10.9 Å². The second kappa shape index (κ2) is 4.61. The Hall–Kier alpha value is -0.550. The molecule has 17 heavy (non-hydrogen) atoms. The topological polar surface area (TPSA) is 61.7 Å². The maximum Gasteiger partial charge on any atom is 0.242 e. The molecule has 1 saturated carbocycles. The van der Waals surface area contributed by atoms with E-state index in [-0.39, 0.29) is 24.0 Å². The van der Waals surface area contributed by atoms with Crippen molar-refractivity contribution in [2.45, 2.75) is 56.9 Å². The molecule has 0 aromatic carbocycles. The highest BCUT2D eigenvalue weighted by Crippen LogP contribution is 2.38. The van der Waals surface area contributed by atoms with Gasteiger partial charge in [0.05, 0.1) is 12.1 Å². The van der Waals surface area contributed by atoms with Crippen molar-refractivity contribution in [3.63, 3.8) is 0 Å². The summed E-state index contributed by atoms with van der Waals surface area (Å²) in [6, 6.07) is 0.169. The minimum absolute atomic E-state index is 0.0507. The van der Waals surface area contributed by atoms with Gasteiger partial charge in [0, 0.05) is 0 Å². The van der Waals surface area contributed by atoms with Gasteiger partial charge in [-0.15, -0.1) is 0 Å². The van der Waals surface area contributed by atoms with Crippen molar-refractivity contribution in [3.05, 3.63) is 0 Å². The molecule has 0 radical (unpaired) electrons. The van der Waals surface area contributed by atoms with Crippen LogP contribution in [-0.2, 0) is 4.79 Å². The highest BCUT2D eigenvalue weighted by Gasteiger charge is 2.45. The number of aliphatic imine (C=N–C) groups is 1. The van der Waals surface area contributed by atoms with E-state index in [0.29, 0.717) is 0 Å². The summed E-state index contributed by atoms with van der Waals surface area (Å²) in [4.78, 5) is 16.5. The fourth-order valence-corrected chi connectivity index (χ4v) is 3.28. The molecule has 2 N–H and O–H groups in total. The number of rotatable bonds is 2. The van der Waals surface area contributed by atoms with Crippen LogP contribution in [0.3, 0.4) is 0 Å². The van der Waals surface area contributed by atoms with Crippen molar-refractivity contribution in [3.8, 4) is 0 Å². The van der Waals surface area contributed by atoms with E-state index < -0.39 is 4.75 Å². The van der Waals surface area contributed by atoms with Crippen molar-refractivity contribution in [1.82, 2.24) is 5.32 Å². The van der Waals surface area contributed by atoms with E-state index in [1.807, 2.05) is 6.92 Å². The number of nitrogens with zero attached hydrogens (tertiary/aromatic N) is 1. The molecule has 1 aliphatic carbocycles. The van der Waals surface area contributed by atoms with E-state index in [9.17, 15) is 9.90 Å². The maximum absolute atomic E-state index is 11.9. The van der Waals surface area contributed by atoms with Crippen LogP contribution in [0.1, 0.15) is 40.0 Å². The Morgan fingerprint density at radius 2 is 2.24 bits per heavy atom. The molecule has 3 atom stereocenters. The SMILES string of the molecule is CC(C)[C@]1(C)SC(=N[C@@H]2CCC(O)C2)NC1=O. The van der Waals surface area contributed by atoms with Crippen LogP contribution in [0.15, 0.2) is 4.99 Å². The average molecular weight is 256 g/mol. The molecule has 1 aliphatic heterocycles. The minimum atomic E-state index is -0.407. The Balaban J connectivity index is 2.06. The molecule has 5 heteroatoms. The van der Waals surface area contributed by atoms with Gasteiger partial charge in [-0.2, -0.15) is 0 Å². The van der Waals surface area contributed by atoms with Gasteiger partial charge in [0.2, 0.25) is 5.91 Å². The van der Waals surface area contributed by atoms with E-state index in [2.05, 4.69) is 24.2 Å².